The molecule has 8 heteroatoms. The maximum atomic E-state index is 13.3. The van der Waals surface area contributed by atoms with Crippen LogP contribution in [0, 0.1) is 12.7 Å². The van der Waals surface area contributed by atoms with E-state index in [0.29, 0.717) is 17.3 Å². The van der Waals surface area contributed by atoms with Crippen LogP contribution in [0.25, 0.3) is 5.69 Å². The van der Waals surface area contributed by atoms with Gasteiger partial charge in [-0.05, 0) is 48.4 Å². The summed E-state index contributed by atoms with van der Waals surface area (Å²) in [6.07, 6.45) is 0.614. The van der Waals surface area contributed by atoms with Crippen LogP contribution in [0.15, 0.2) is 78.0 Å². The van der Waals surface area contributed by atoms with E-state index in [0.717, 1.165) is 22.6 Å². The Labute approximate surface area is 194 Å². The van der Waals surface area contributed by atoms with Gasteiger partial charge in [0.05, 0.1) is 10.8 Å². The van der Waals surface area contributed by atoms with Crippen molar-refractivity contribution in [2.24, 2.45) is 0 Å². The van der Waals surface area contributed by atoms with Gasteiger partial charge in [0, 0.05) is 17.8 Å². The molecule has 5 nitrogen and oxygen atoms in total. The van der Waals surface area contributed by atoms with E-state index in [1.54, 1.807) is 0 Å². The molecule has 0 atom stereocenters. The molecule has 0 bridgehead atoms. The van der Waals surface area contributed by atoms with E-state index in [1.807, 2.05) is 60.0 Å². The monoisotopic (exact) mass is 466 g/mol. The van der Waals surface area contributed by atoms with Crippen LogP contribution in [0.5, 0.6) is 0 Å². The predicted molar refractivity (Wildman–Crippen MR) is 126 cm³/mol. The zero-order valence-electron chi connectivity index (χ0n) is 17.3. The highest BCUT2D eigenvalue weighted by molar-refractivity contribution is 7.99. The largest absolute Gasteiger partial charge is 0.325 e. The lowest BCUT2D eigenvalue weighted by molar-refractivity contribution is -0.113. The first kappa shape index (κ1) is 22.0. The zero-order valence-corrected chi connectivity index (χ0v) is 18.8. The van der Waals surface area contributed by atoms with Crippen molar-refractivity contribution in [2.45, 2.75) is 18.5 Å². The van der Waals surface area contributed by atoms with Crippen molar-refractivity contribution in [1.82, 2.24) is 14.8 Å². The number of nitrogens with zero attached hydrogens (tertiary/aromatic N) is 3. The summed E-state index contributed by atoms with van der Waals surface area (Å²) >= 11 is 7.07. The molecule has 4 rings (SSSR count). The summed E-state index contributed by atoms with van der Waals surface area (Å²) in [6.45, 7) is 2.03. The number of thioether (sulfide) groups is 1. The third kappa shape index (κ3) is 5.36. The van der Waals surface area contributed by atoms with Crippen molar-refractivity contribution < 1.29 is 9.18 Å². The van der Waals surface area contributed by atoms with Crippen LogP contribution in [0.2, 0.25) is 5.02 Å². The summed E-state index contributed by atoms with van der Waals surface area (Å²) in [6, 6.07) is 22.2. The second kappa shape index (κ2) is 9.97. The zero-order chi connectivity index (χ0) is 22.5. The average Bonchev–Trinajstić information content (AvgIpc) is 3.18. The fraction of sp³-hybridized carbons (Fsp3) is 0.125. The van der Waals surface area contributed by atoms with Gasteiger partial charge in [-0.25, -0.2) is 4.39 Å². The number of anilines is 1. The molecule has 1 aromatic heterocycles. The van der Waals surface area contributed by atoms with Gasteiger partial charge in [-0.3, -0.25) is 9.36 Å². The molecular weight excluding hydrogens is 447 g/mol. The second-order valence-electron chi connectivity index (χ2n) is 7.20. The molecule has 3 aromatic carbocycles. The van der Waals surface area contributed by atoms with Crippen molar-refractivity contribution in [2.75, 3.05) is 11.1 Å². The molecule has 162 valence electrons. The number of benzene rings is 3. The Morgan fingerprint density at radius 2 is 1.88 bits per heavy atom. The molecule has 0 unspecified atom stereocenters. The van der Waals surface area contributed by atoms with Crippen LogP contribution in [0.3, 0.4) is 0 Å². The first-order valence-electron chi connectivity index (χ1n) is 9.92. The van der Waals surface area contributed by atoms with Crippen molar-refractivity contribution >= 4 is 35.0 Å². The van der Waals surface area contributed by atoms with Gasteiger partial charge < -0.3 is 5.32 Å². The SMILES string of the molecule is Cc1cccc(-n2c(Cc3ccccc3)nnc2SCC(=O)Nc2ccc(F)c(Cl)c2)c1. The quantitative estimate of drug-likeness (QED) is 0.355. The molecule has 4 aromatic rings. The van der Waals surface area contributed by atoms with Gasteiger partial charge >= 0.3 is 0 Å². The van der Waals surface area contributed by atoms with Gasteiger partial charge in [0.15, 0.2) is 5.16 Å². The molecule has 1 amide bonds. The minimum atomic E-state index is -0.531. The molecule has 0 spiro atoms. The molecule has 1 N–H and O–H groups in total. The standard InChI is InChI=1S/C24H20ClFN4OS/c1-16-6-5-9-19(12-16)30-22(13-17-7-3-2-4-8-17)28-29-24(30)32-15-23(31)27-18-10-11-21(26)20(25)14-18/h2-12,14H,13,15H2,1H3,(H,27,31). The number of carbonyl (C=O) groups excluding carboxylic acids is 1. The summed E-state index contributed by atoms with van der Waals surface area (Å²) in [4.78, 5) is 12.5. The van der Waals surface area contributed by atoms with E-state index in [1.165, 1.54) is 30.0 Å². The fourth-order valence-corrected chi connectivity index (χ4v) is 4.17. The Hall–Kier alpha value is -3.16. The molecule has 0 aliphatic heterocycles. The van der Waals surface area contributed by atoms with Crippen LogP contribution < -0.4 is 5.32 Å². The maximum absolute atomic E-state index is 13.3. The minimum Gasteiger partial charge on any atom is -0.325 e. The number of rotatable bonds is 7. The topological polar surface area (TPSA) is 59.8 Å². The maximum Gasteiger partial charge on any atom is 0.234 e. The second-order valence-corrected chi connectivity index (χ2v) is 8.55. The number of aryl methyl sites for hydroxylation is 1. The number of amides is 1. The number of hydrogen-bond acceptors (Lipinski definition) is 4. The van der Waals surface area contributed by atoms with Crippen molar-refractivity contribution in [3.8, 4) is 5.69 Å². The van der Waals surface area contributed by atoms with Gasteiger partial charge in [-0.2, -0.15) is 0 Å². The molecule has 0 aliphatic carbocycles. The first-order valence-corrected chi connectivity index (χ1v) is 11.3. The third-order valence-corrected chi connectivity index (χ3v) is 5.92. The number of hydrogen-bond donors (Lipinski definition) is 1. The normalized spacial score (nSPS) is 10.8. The van der Waals surface area contributed by atoms with E-state index >= 15 is 0 Å². The Morgan fingerprint density at radius 1 is 1.06 bits per heavy atom. The highest BCUT2D eigenvalue weighted by Crippen LogP contribution is 2.25. The van der Waals surface area contributed by atoms with Crippen LogP contribution in [-0.2, 0) is 11.2 Å². The summed E-state index contributed by atoms with van der Waals surface area (Å²) in [7, 11) is 0. The molecule has 0 radical (unpaired) electrons. The number of carbonyl (C=O) groups is 1. The Balaban J connectivity index is 1.55. The average molecular weight is 467 g/mol. The van der Waals surface area contributed by atoms with E-state index < -0.39 is 5.82 Å². The van der Waals surface area contributed by atoms with E-state index in [2.05, 4.69) is 21.6 Å². The number of nitrogens with one attached hydrogen (secondary N) is 1. The van der Waals surface area contributed by atoms with Gasteiger partial charge in [0.25, 0.3) is 0 Å². The predicted octanol–water partition coefficient (Wildman–Crippen LogP) is 5.69. The van der Waals surface area contributed by atoms with Crippen molar-refractivity contribution in [1.29, 1.82) is 0 Å². The molecule has 1 heterocycles. The summed E-state index contributed by atoms with van der Waals surface area (Å²) in [5.74, 6) is 0.122. The van der Waals surface area contributed by atoms with Crippen LogP contribution >= 0.6 is 23.4 Å². The van der Waals surface area contributed by atoms with Crippen molar-refractivity contribution in [3.05, 3.63) is 101 Å². The Kier molecular flexibility index (Phi) is 6.87. The number of halogens is 2. The van der Waals surface area contributed by atoms with Crippen LogP contribution in [0.1, 0.15) is 17.0 Å². The Bertz CT molecular complexity index is 1250. The molecule has 0 aliphatic rings. The fourth-order valence-electron chi connectivity index (χ4n) is 3.21. The highest BCUT2D eigenvalue weighted by atomic mass is 35.5. The van der Waals surface area contributed by atoms with Gasteiger partial charge in [0.2, 0.25) is 5.91 Å². The van der Waals surface area contributed by atoms with Crippen molar-refractivity contribution in [3.63, 3.8) is 0 Å². The third-order valence-electron chi connectivity index (χ3n) is 4.70. The lowest BCUT2D eigenvalue weighted by atomic mass is 10.1. The molecule has 32 heavy (non-hydrogen) atoms. The smallest absolute Gasteiger partial charge is 0.234 e. The molecule has 0 saturated heterocycles. The first-order chi connectivity index (χ1) is 15.5. The summed E-state index contributed by atoms with van der Waals surface area (Å²) < 4.78 is 15.3. The highest BCUT2D eigenvalue weighted by Gasteiger charge is 2.17. The minimum absolute atomic E-state index is 0.0415. The number of aromatic nitrogens is 3. The van der Waals surface area contributed by atoms with E-state index in [9.17, 15) is 9.18 Å². The van der Waals surface area contributed by atoms with Gasteiger partial charge in [-0.15, -0.1) is 10.2 Å². The molecule has 0 saturated carbocycles. The summed E-state index contributed by atoms with van der Waals surface area (Å²) in [5.41, 5.74) is 3.61. The van der Waals surface area contributed by atoms with Gasteiger partial charge in [0.1, 0.15) is 11.6 Å². The summed E-state index contributed by atoms with van der Waals surface area (Å²) in [5, 5.41) is 12.1. The van der Waals surface area contributed by atoms with Crippen LogP contribution in [-0.4, -0.2) is 26.4 Å². The molecular formula is C24H20ClFN4OS. The lowest BCUT2D eigenvalue weighted by Gasteiger charge is -2.11. The molecule has 0 fully saturated rings. The van der Waals surface area contributed by atoms with E-state index in [-0.39, 0.29) is 16.7 Å². The van der Waals surface area contributed by atoms with Crippen LogP contribution in [0.4, 0.5) is 10.1 Å². The van der Waals surface area contributed by atoms with E-state index in [4.69, 9.17) is 11.6 Å². The lowest BCUT2D eigenvalue weighted by Crippen LogP contribution is -2.14. The van der Waals surface area contributed by atoms with Gasteiger partial charge in [-0.1, -0.05) is 65.8 Å². The Morgan fingerprint density at radius 3 is 2.62 bits per heavy atom.